The standard InChI is InChI=1S/C15H29N3/c1-8-9-14(10-16-15(5,6)7)18-13(4)11(2)12(3)17-18/h14,16H,8-10H2,1-7H3. The van der Waals surface area contributed by atoms with Gasteiger partial charge >= 0.3 is 0 Å². The van der Waals surface area contributed by atoms with Gasteiger partial charge in [-0.3, -0.25) is 4.68 Å². The highest BCUT2D eigenvalue weighted by Gasteiger charge is 2.18. The first-order valence-electron chi connectivity index (χ1n) is 7.03. The Kier molecular flexibility index (Phi) is 4.97. The molecule has 0 aliphatic rings. The van der Waals surface area contributed by atoms with Crippen LogP contribution in [0.1, 0.15) is 63.5 Å². The van der Waals surface area contributed by atoms with Gasteiger partial charge in [0.25, 0.3) is 0 Å². The molecule has 0 aromatic carbocycles. The zero-order chi connectivity index (χ0) is 13.9. The van der Waals surface area contributed by atoms with Crippen LogP contribution in [0.2, 0.25) is 0 Å². The molecule has 104 valence electrons. The van der Waals surface area contributed by atoms with Crippen molar-refractivity contribution in [2.75, 3.05) is 6.54 Å². The third-order valence-electron chi connectivity index (χ3n) is 3.52. The molecule has 0 spiro atoms. The molecule has 1 aromatic rings. The fourth-order valence-corrected chi connectivity index (χ4v) is 2.17. The van der Waals surface area contributed by atoms with Crippen LogP contribution < -0.4 is 5.32 Å². The summed E-state index contributed by atoms with van der Waals surface area (Å²) in [5, 5.41) is 8.31. The molecule has 0 fully saturated rings. The van der Waals surface area contributed by atoms with Gasteiger partial charge in [-0.25, -0.2) is 0 Å². The molecule has 0 bridgehead atoms. The fourth-order valence-electron chi connectivity index (χ4n) is 2.17. The maximum Gasteiger partial charge on any atom is 0.0646 e. The minimum absolute atomic E-state index is 0.164. The molecule has 0 radical (unpaired) electrons. The van der Waals surface area contributed by atoms with Gasteiger partial charge in [-0.05, 0) is 53.5 Å². The van der Waals surface area contributed by atoms with Crippen LogP contribution in [0, 0.1) is 20.8 Å². The lowest BCUT2D eigenvalue weighted by Crippen LogP contribution is -2.40. The molecule has 0 saturated heterocycles. The van der Waals surface area contributed by atoms with E-state index >= 15 is 0 Å². The van der Waals surface area contributed by atoms with E-state index in [9.17, 15) is 0 Å². The molecule has 1 unspecified atom stereocenters. The summed E-state index contributed by atoms with van der Waals surface area (Å²) in [5.41, 5.74) is 3.95. The van der Waals surface area contributed by atoms with Crippen LogP contribution in [-0.2, 0) is 0 Å². The molecule has 0 amide bonds. The molecule has 0 saturated carbocycles. The van der Waals surface area contributed by atoms with Gasteiger partial charge in [-0.15, -0.1) is 0 Å². The summed E-state index contributed by atoms with van der Waals surface area (Å²) < 4.78 is 2.22. The Balaban J connectivity index is 2.87. The maximum absolute atomic E-state index is 4.71. The Morgan fingerprint density at radius 2 is 1.83 bits per heavy atom. The van der Waals surface area contributed by atoms with Crippen molar-refractivity contribution < 1.29 is 0 Å². The molecular formula is C15H29N3. The molecule has 3 nitrogen and oxygen atoms in total. The van der Waals surface area contributed by atoms with Crippen LogP contribution in [0.3, 0.4) is 0 Å². The van der Waals surface area contributed by atoms with Crippen molar-refractivity contribution in [2.45, 2.75) is 72.9 Å². The van der Waals surface area contributed by atoms with E-state index in [-0.39, 0.29) is 5.54 Å². The van der Waals surface area contributed by atoms with E-state index in [4.69, 9.17) is 5.10 Å². The minimum atomic E-state index is 0.164. The van der Waals surface area contributed by atoms with Crippen LogP contribution in [0.5, 0.6) is 0 Å². The summed E-state index contributed by atoms with van der Waals surface area (Å²) in [6.45, 7) is 16.3. The fraction of sp³-hybridized carbons (Fsp3) is 0.800. The largest absolute Gasteiger partial charge is 0.310 e. The lowest BCUT2D eigenvalue weighted by molar-refractivity contribution is 0.332. The van der Waals surface area contributed by atoms with Crippen LogP contribution in [0.25, 0.3) is 0 Å². The van der Waals surface area contributed by atoms with Crippen molar-refractivity contribution >= 4 is 0 Å². The van der Waals surface area contributed by atoms with Crippen molar-refractivity contribution in [1.29, 1.82) is 0 Å². The van der Waals surface area contributed by atoms with E-state index in [0.29, 0.717) is 6.04 Å². The molecule has 1 N–H and O–H groups in total. The monoisotopic (exact) mass is 251 g/mol. The molecule has 1 heterocycles. The Bertz CT molecular complexity index is 385. The molecule has 18 heavy (non-hydrogen) atoms. The molecule has 0 aliphatic carbocycles. The summed E-state index contributed by atoms with van der Waals surface area (Å²) in [4.78, 5) is 0. The van der Waals surface area contributed by atoms with Crippen LogP contribution in [0.15, 0.2) is 0 Å². The average molecular weight is 251 g/mol. The summed E-state index contributed by atoms with van der Waals surface area (Å²) >= 11 is 0. The topological polar surface area (TPSA) is 29.9 Å². The predicted molar refractivity (Wildman–Crippen MR) is 78.1 cm³/mol. The van der Waals surface area contributed by atoms with Gasteiger partial charge in [0.05, 0.1) is 11.7 Å². The number of aryl methyl sites for hydroxylation is 1. The zero-order valence-electron chi connectivity index (χ0n) is 13.1. The first-order chi connectivity index (χ1) is 8.26. The van der Waals surface area contributed by atoms with E-state index < -0.39 is 0 Å². The number of rotatable bonds is 5. The van der Waals surface area contributed by atoms with Gasteiger partial charge in [0.15, 0.2) is 0 Å². The number of hydrogen-bond acceptors (Lipinski definition) is 2. The van der Waals surface area contributed by atoms with E-state index in [1.54, 1.807) is 0 Å². The number of nitrogens with zero attached hydrogens (tertiary/aromatic N) is 2. The quantitative estimate of drug-likeness (QED) is 0.867. The Morgan fingerprint density at radius 1 is 1.22 bits per heavy atom. The molecule has 3 heteroatoms. The first-order valence-corrected chi connectivity index (χ1v) is 7.03. The first kappa shape index (κ1) is 15.2. The number of aromatic nitrogens is 2. The Morgan fingerprint density at radius 3 is 2.22 bits per heavy atom. The molecular weight excluding hydrogens is 222 g/mol. The molecule has 1 aromatic heterocycles. The SMILES string of the molecule is CCCC(CNC(C)(C)C)n1nc(C)c(C)c1C. The van der Waals surface area contributed by atoms with Gasteiger partial charge < -0.3 is 5.32 Å². The summed E-state index contributed by atoms with van der Waals surface area (Å²) in [6.07, 6.45) is 2.36. The Labute approximate surface area is 112 Å². The lowest BCUT2D eigenvalue weighted by atomic mass is 10.1. The van der Waals surface area contributed by atoms with Crippen molar-refractivity contribution in [2.24, 2.45) is 0 Å². The normalized spacial score (nSPS) is 13.9. The highest BCUT2D eigenvalue weighted by Crippen LogP contribution is 2.20. The second-order valence-electron chi connectivity index (χ2n) is 6.31. The smallest absolute Gasteiger partial charge is 0.0646 e. The lowest BCUT2D eigenvalue weighted by Gasteiger charge is -2.26. The summed E-state index contributed by atoms with van der Waals surface area (Å²) in [7, 11) is 0. The van der Waals surface area contributed by atoms with E-state index in [1.165, 1.54) is 24.1 Å². The van der Waals surface area contributed by atoms with E-state index in [0.717, 1.165) is 12.2 Å². The van der Waals surface area contributed by atoms with Crippen molar-refractivity contribution in [3.8, 4) is 0 Å². The molecule has 1 atom stereocenters. The third-order valence-corrected chi connectivity index (χ3v) is 3.52. The van der Waals surface area contributed by atoms with Gasteiger partial charge in [0, 0.05) is 17.8 Å². The highest BCUT2D eigenvalue weighted by atomic mass is 15.3. The molecule has 0 aliphatic heterocycles. The molecule has 1 rings (SSSR count). The van der Waals surface area contributed by atoms with Crippen molar-refractivity contribution in [3.05, 3.63) is 17.0 Å². The van der Waals surface area contributed by atoms with Gasteiger partial charge in [-0.1, -0.05) is 13.3 Å². The van der Waals surface area contributed by atoms with Crippen molar-refractivity contribution in [3.63, 3.8) is 0 Å². The number of nitrogens with one attached hydrogen (secondary N) is 1. The van der Waals surface area contributed by atoms with E-state index in [2.05, 4.69) is 58.5 Å². The van der Waals surface area contributed by atoms with Crippen LogP contribution in [-0.4, -0.2) is 21.9 Å². The maximum atomic E-state index is 4.71. The minimum Gasteiger partial charge on any atom is -0.310 e. The second-order valence-corrected chi connectivity index (χ2v) is 6.31. The predicted octanol–water partition coefficient (Wildman–Crippen LogP) is 3.54. The second kappa shape index (κ2) is 5.87. The summed E-state index contributed by atoms with van der Waals surface area (Å²) in [5.74, 6) is 0. The van der Waals surface area contributed by atoms with Gasteiger partial charge in [-0.2, -0.15) is 5.10 Å². The van der Waals surface area contributed by atoms with Crippen LogP contribution >= 0.6 is 0 Å². The van der Waals surface area contributed by atoms with Gasteiger partial charge in [0.1, 0.15) is 0 Å². The zero-order valence-corrected chi connectivity index (χ0v) is 13.1. The number of hydrogen-bond donors (Lipinski definition) is 1. The Hall–Kier alpha value is -0.830. The highest BCUT2D eigenvalue weighted by molar-refractivity contribution is 5.22. The average Bonchev–Trinajstić information content (AvgIpc) is 2.51. The van der Waals surface area contributed by atoms with Crippen LogP contribution in [0.4, 0.5) is 0 Å². The van der Waals surface area contributed by atoms with Crippen molar-refractivity contribution in [1.82, 2.24) is 15.1 Å². The van der Waals surface area contributed by atoms with E-state index in [1.807, 2.05) is 0 Å². The summed E-state index contributed by atoms with van der Waals surface area (Å²) in [6, 6.07) is 0.460. The van der Waals surface area contributed by atoms with Gasteiger partial charge in [0.2, 0.25) is 0 Å². The third kappa shape index (κ3) is 3.84.